The minimum atomic E-state index is -0.823. The van der Waals surface area contributed by atoms with Crippen molar-refractivity contribution < 1.29 is 19.2 Å². The van der Waals surface area contributed by atoms with E-state index in [2.05, 4.69) is 21.2 Å². The van der Waals surface area contributed by atoms with E-state index in [1.807, 2.05) is 11.0 Å². The first kappa shape index (κ1) is 28.5. The summed E-state index contributed by atoms with van der Waals surface area (Å²) in [5, 5.41) is 14.2. The molecule has 0 aliphatic heterocycles. The highest BCUT2D eigenvalue weighted by Crippen LogP contribution is 2.22. The molecule has 0 fully saturated rings. The maximum absolute atomic E-state index is 12.9. The Balaban J connectivity index is 1.45. The molecule has 0 aliphatic rings. The molecule has 41 heavy (non-hydrogen) atoms. The molecule has 2 N–H and O–H groups in total. The predicted octanol–water partition coefficient (Wildman–Crippen LogP) is 3.81. The molecular weight excluding hydrogens is 526 g/mol. The highest BCUT2D eigenvalue weighted by Gasteiger charge is 2.18. The number of carbonyl (C=O) groups is 2. The van der Waals surface area contributed by atoms with E-state index in [0.29, 0.717) is 40.9 Å². The largest absolute Gasteiger partial charge is 0.456 e. The van der Waals surface area contributed by atoms with Crippen LogP contribution < -0.4 is 15.8 Å². The van der Waals surface area contributed by atoms with Crippen LogP contribution in [0.2, 0.25) is 0 Å². The molecule has 11 nitrogen and oxygen atoms in total. The minimum absolute atomic E-state index is 0.0311. The number of hydrogen-bond acceptors (Lipinski definition) is 8. The van der Waals surface area contributed by atoms with Crippen molar-refractivity contribution in [2.45, 2.75) is 26.5 Å². The number of anilines is 1. The van der Waals surface area contributed by atoms with Crippen LogP contribution in [0.5, 0.6) is 0 Å². The Hall–Kier alpha value is -5.50. The Morgan fingerprint density at radius 2 is 1.85 bits per heavy atom. The molecule has 0 bridgehead atoms. The van der Waals surface area contributed by atoms with E-state index in [1.54, 1.807) is 43.3 Å². The maximum Gasteiger partial charge on any atom is 0.303 e. The summed E-state index contributed by atoms with van der Waals surface area (Å²) >= 11 is 0. The van der Waals surface area contributed by atoms with E-state index in [4.69, 9.17) is 11.2 Å². The lowest BCUT2D eigenvalue weighted by Gasteiger charge is -2.23. The van der Waals surface area contributed by atoms with Crippen molar-refractivity contribution in [1.82, 2.24) is 15.3 Å². The van der Waals surface area contributed by atoms with Gasteiger partial charge in [-0.2, -0.15) is 0 Å². The number of nitrogens with one attached hydrogen (secondary N) is 2. The molecule has 208 valence electrons. The van der Waals surface area contributed by atoms with Crippen molar-refractivity contribution in [2.75, 3.05) is 18.0 Å². The highest BCUT2D eigenvalue weighted by molar-refractivity contribution is 5.94. The first-order chi connectivity index (χ1) is 19.6. The number of benzene rings is 3. The molecule has 3 aromatic carbocycles. The van der Waals surface area contributed by atoms with E-state index in [0.717, 1.165) is 11.3 Å². The highest BCUT2D eigenvalue weighted by atomic mass is 16.6. The van der Waals surface area contributed by atoms with Crippen LogP contribution in [0.4, 0.5) is 11.4 Å². The Kier molecular flexibility index (Phi) is 8.74. The molecule has 4 rings (SSSR count). The van der Waals surface area contributed by atoms with Gasteiger partial charge in [0.2, 0.25) is 0 Å². The summed E-state index contributed by atoms with van der Waals surface area (Å²) in [4.78, 5) is 56.3. The van der Waals surface area contributed by atoms with E-state index in [-0.39, 0.29) is 17.8 Å². The first-order valence-electron chi connectivity index (χ1n) is 12.6. The summed E-state index contributed by atoms with van der Waals surface area (Å²) in [5.74, 6) is 2.24. The van der Waals surface area contributed by atoms with Crippen LogP contribution in [-0.2, 0) is 16.1 Å². The zero-order chi connectivity index (χ0) is 29.5. The number of H-pyrrole nitrogens is 1. The lowest BCUT2D eigenvalue weighted by molar-refractivity contribution is -0.384. The third-order valence-corrected chi connectivity index (χ3v) is 6.27. The summed E-state index contributed by atoms with van der Waals surface area (Å²) in [5.41, 5.74) is 2.83. The number of aryl methyl sites for hydroxylation is 1. The van der Waals surface area contributed by atoms with Crippen LogP contribution in [0.25, 0.3) is 10.9 Å². The Bertz CT molecular complexity index is 1690. The number of hydrogen-bond donors (Lipinski definition) is 2. The number of aromatic amines is 1. The summed E-state index contributed by atoms with van der Waals surface area (Å²) in [6, 6.07) is 17.9. The second-order valence-corrected chi connectivity index (χ2v) is 9.27. The SMILES string of the molecule is C#CCN(Cc1ccc2nc(C)[nH]c(=O)c2c1)c1ccc(C(=O)NCC(OC(C)=O)c2ccc([N+](=O)[O-])cc2)cc1. The maximum atomic E-state index is 12.9. The number of nitrogens with zero attached hydrogens (tertiary/aromatic N) is 3. The van der Waals surface area contributed by atoms with E-state index in [9.17, 15) is 24.5 Å². The van der Waals surface area contributed by atoms with Gasteiger partial charge in [-0.15, -0.1) is 6.42 Å². The van der Waals surface area contributed by atoms with Crippen molar-refractivity contribution in [1.29, 1.82) is 0 Å². The monoisotopic (exact) mass is 553 g/mol. The van der Waals surface area contributed by atoms with Gasteiger partial charge >= 0.3 is 5.97 Å². The minimum Gasteiger partial charge on any atom is -0.456 e. The summed E-state index contributed by atoms with van der Waals surface area (Å²) in [6.45, 7) is 3.67. The second-order valence-electron chi connectivity index (χ2n) is 9.27. The summed E-state index contributed by atoms with van der Waals surface area (Å²) in [6.07, 6.45) is 4.79. The molecule has 1 aromatic heterocycles. The number of aromatic nitrogens is 2. The fraction of sp³-hybridized carbons (Fsp3) is 0.200. The molecular formula is C30H27N5O6. The molecule has 0 aliphatic carbocycles. The zero-order valence-corrected chi connectivity index (χ0v) is 22.4. The van der Waals surface area contributed by atoms with Gasteiger partial charge in [-0.05, 0) is 66.6 Å². The van der Waals surface area contributed by atoms with Crippen LogP contribution in [-0.4, -0.2) is 39.9 Å². The van der Waals surface area contributed by atoms with Crippen LogP contribution in [0.1, 0.15) is 40.3 Å². The summed E-state index contributed by atoms with van der Waals surface area (Å²) < 4.78 is 5.32. The fourth-order valence-corrected chi connectivity index (χ4v) is 4.32. The van der Waals surface area contributed by atoms with Crippen LogP contribution >= 0.6 is 0 Å². The topological polar surface area (TPSA) is 148 Å². The number of nitro benzene ring substituents is 1. The van der Waals surface area contributed by atoms with Gasteiger partial charge in [0.1, 0.15) is 11.9 Å². The third kappa shape index (κ3) is 7.13. The van der Waals surface area contributed by atoms with Crippen molar-refractivity contribution in [3.63, 3.8) is 0 Å². The predicted molar refractivity (Wildman–Crippen MR) is 153 cm³/mol. The van der Waals surface area contributed by atoms with Crippen molar-refractivity contribution >= 4 is 34.2 Å². The molecule has 4 aromatic rings. The molecule has 1 amide bonds. The number of amides is 1. The van der Waals surface area contributed by atoms with E-state index < -0.39 is 22.9 Å². The van der Waals surface area contributed by atoms with Crippen LogP contribution in [0.3, 0.4) is 0 Å². The van der Waals surface area contributed by atoms with Gasteiger partial charge in [-0.25, -0.2) is 4.98 Å². The summed E-state index contributed by atoms with van der Waals surface area (Å²) in [7, 11) is 0. The van der Waals surface area contributed by atoms with Gasteiger partial charge in [0.15, 0.2) is 0 Å². The number of rotatable bonds is 10. The molecule has 1 unspecified atom stereocenters. The van der Waals surface area contributed by atoms with Gasteiger partial charge < -0.3 is 19.9 Å². The lowest BCUT2D eigenvalue weighted by Crippen LogP contribution is -2.30. The quantitative estimate of drug-likeness (QED) is 0.130. The molecule has 0 spiro atoms. The number of non-ortho nitro benzene ring substituents is 1. The lowest BCUT2D eigenvalue weighted by atomic mass is 10.1. The standard InChI is InChI=1S/C30H27N5O6/c1-4-15-34(18-21-5-14-27-26(16-21)30(38)33-19(2)32-27)24-10-8-23(9-11-24)29(37)31-17-28(41-20(3)36)22-6-12-25(13-7-22)35(39)40/h1,5-14,16,28H,15,17-18H2,2-3H3,(H,31,37)(H,32,33,38). The van der Waals surface area contributed by atoms with Gasteiger partial charge in [0.05, 0.1) is 28.9 Å². The Morgan fingerprint density at radius 3 is 2.49 bits per heavy atom. The first-order valence-corrected chi connectivity index (χ1v) is 12.6. The molecule has 1 atom stereocenters. The number of nitro groups is 1. The van der Waals surface area contributed by atoms with E-state index >= 15 is 0 Å². The molecule has 0 radical (unpaired) electrons. The molecule has 0 saturated carbocycles. The molecule has 11 heteroatoms. The molecule has 0 saturated heterocycles. The van der Waals surface area contributed by atoms with E-state index in [1.165, 1.54) is 31.2 Å². The van der Waals surface area contributed by atoms with Crippen LogP contribution in [0, 0.1) is 29.4 Å². The van der Waals surface area contributed by atoms with Crippen molar-refractivity contribution in [3.05, 3.63) is 110 Å². The van der Waals surface area contributed by atoms with Gasteiger partial charge in [0.25, 0.3) is 17.2 Å². The number of esters is 1. The average molecular weight is 554 g/mol. The van der Waals surface area contributed by atoms with Crippen molar-refractivity contribution in [3.8, 4) is 12.3 Å². The normalized spacial score (nSPS) is 11.3. The number of ether oxygens (including phenoxy) is 1. The second kappa shape index (κ2) is 12.6. The van der Waals surface area contributed by atoms with Gasteiger partial charge in [0, 0.05) is 36.9 Å². The Labute approximate surface area is 235 Å². The smallest absolute Gasteiger partial charge is 0.303 e. The third-order valence-electron chi connectivity index (χ3n) is 6.27. The number of fused-ring (bicyclic) bond motifs is 1. The Morgan fingerprint density at radius 1 is 1.15 bits per heavy atom. The van der Waals surface area contributed by atoms with Gasteiger partial charge in [-0.1, -0.05) is 12.0 Å². The number of terminal acetylenes is 1. The zero-order valence-electron chi connectivity index (χ0n) is 22.4. The van der Waals surface area contributed by atoms with Gasteiger partial charge in [-0.3, -0.25) is 24.5 Å². The van der Waals surface area contributed by atoms with Crippen molar-refractivity contribution in [2.24, 2.45) is 0 Å². The fourth-order valence-electron chi connectivity index (χ4n) is 4.32. The average Bonchev–Trinajstić information content (AvgIpc) is 2.95. The molecule has 1 heterocycles. The van der Waals surface area contributed by atoms with Crippen LogP contribution in [0.15, 0.2) is 71.5 Å². The number of carbonyl (C=O) groups excluding carboxylic acids is 2.